The number of nitrogens with one attached hydrogen (secondary N) is 1. The van der Waals surface area contributed by atoms with Crippen LogP contribution in [0.25, 0.3) is 0 Å². The van der Waals surface area contributed by atoms with Gasteiger partial charge in [0.05, 0.1) is 10.7 Å². The predicted octanol–water partition coefficient (Wildman–Crippen LogP) is 5.10. The van der Waals surface area contributed by atoms with Gasteiger partial charge in [-0.25, -0.2) is 4.98 Å². The van der Waals surface area contributed by atoms with E-state index in [9.17, 15) is 0 Å². The fourth-order valence-corrected chi connectivity index (χ4v) is 2.25. The second kappa shape index (κ2) is 7.78. The Morgan fingerprint density at radius 1 is 1.29 bits per heavy atom. The molecule has 2 rings (SSSR count). The molecule has 112 valence electrons. The lowest BCUT2D eigenvalue weighted by atomic mass is 10.2. The summed E-state index contributed by atoms with van der Waals surface area (Å²) < 4.78 is 6.86. The highest BCUT2D eigenvalue weighted by atomic mass is 79.9. The number of hydrogen-bond donors (Lipinski definition) is 1. The monoisotopic (exact) mass is 368 g/mol. The first-order valence-electron chi connectivity index (χ1n) is 6.90. The fourth-order valence-electron chi connectivity index (χ4n) is 1.83. The van der Waals surface area contributed by atoms with Crippen LogP contribution >= 0.6 is 27.5 Å². The van der Waals surface area contributed by atoms with Crippen molar-refractivity contribution in [1.29, 1.82) is 0 Å². The van der Waals surface area contributed by atoms with Gasteiger partial charge in [-0.3, -0.25) is 0 Å². The van der Waals surface area contributed by atoms with E-state index < -0.39 is 0 Å². The third-order valence-corrected chi connectivity index (χ3v) is 4.20. The molecule has 0 aliphatic heterocycles. The average molecular weight is 370 g/mol. The second-order valence-electron chi connectivity index (χ2n) is 4.77. The number of rotatable bonds is 6. The molecule has 0 spiro atoms. The number of benzene rings is 1. The molecular weight excluding hydrogens is 352 g/mol. The summed E-state index contributed by atoms with van der Waals surface area (Å²) in [7, 11) is 0. The van der Waals surface area contributed by atoms with E-state index >= 15 is 0 Å². The van der Waals surface area contributed by atoms with E-state index in [2.05, 4.69) is 33.2 Å². The zero-order valence-electron chi connectivity index (χ0n) is 12.1. The van der Waals surface area contributed by atoms with Crippen molar-refractivity contribution in [2.24, 2.45) is 0 Å². The number of aromatic nitrogens is 1. The molecule has 0 amide bonds. The Kier molecular flexibility index (Phi) is 6.03. The molecule has 0 bridgehead atoms. The molecule has 0 fully saturated rings. The molecule has 1 N–H and O–H groups in total. The van der Waals surface area contributed by atoms with Crippen molar-refractivity contribution < 1.29 is 4.74 Å². The number of ether oxygens (including phenoxy) is 1. The lowest BCUT2D eigenvalue weighted by Crippen LogP contribution is -2.15. The second-order valence-corrected chi connectivity index (χ2v) is 6.03. The van der Waals surface area contributed by atoms with Crippen LogP contribution in [0.5, 0.6) is 11.6 Å². The maximum absolute atomic E-state index is 6.16. The maximum atomic E-state index is 6.16. The molecule has 0 aliphatic carbocycles. The van der Waals surface area contributed by atoms with E-state index in [4.69, 9.17) is 16.3 Å². The smallest absolute Gasteiger partial charge is 0.219 e. The molecular formula is C16H18BrClN2O. The van der Waals surface area contributed by atoms with Crippen molar-refractivity contribution in [3.63, 3.8) is 0 Å². The Hall–Kier alpha value is -1.10. The minimum atomic E-state index is 0.550. The summed E-state index contributed by atoms with van der Waals surface area (Å²) in [6.45, 7) is 5.72. The van der Waals surface area contributed by atoms with Crippen LogP contribution in [0.2, 0.25) is 5.02 Å². The van der Waals surface area contributed by atoms with Gasteiger partial charge in [0.15, 0.2) is 0 Å². The maximum Gasteiger partial charge on any atom is 0.219 e. The summed E-state index contributed by atoms with van der Waals surface area (Å²) >= 11 is 9.63. The lowest BCUT2D eigenvalue weighted by Gasteiger charge is -2.10. The highest BCUT2D eigenvalue weighted by molar-refractivity contribution is 9.10. The summed E-state index contributed by atoms with van der Waals surface area (Å²) in [4.78, 5) is 4.46. The lowest BCUT2D eigenvalue weighted by molar-refractivity contribution is 0.459. The molecule has 1 aromatic heterocycles. The first-order valence-corrected chi connectivity index (χ1v) is 8.07. The zero-order valence-corrected chi connectivity index (χ0v) is 14.5. The molecule has 0 radical (unpaired) electrons. The molecule has 5 heteroatoms. The van der Waals surface area contributed by atoms with Crippen LogP contribution in [0.1, 0.15) is 24.6 Å². The Morgan fingerprint density at radius 3 is 2.81 bits per heavy atom. The van der Waals surface area contributed by atoms with E-state index in [0.717, 1.165) is 34.4 Å². The van der Waals surface area contributed by atoms with Crippen LogP contribution in [-0.4, -0.2) is 11.5 Å². The molecule has 2 aromatic rings. The van der Waals surface area contributed by atoms with E-state index in [0.29, 0.717) is 17.4 Å². The summed E-state index contributed by atoms with van der Waals surface area (Å²) in [6.07, 6.45) is 1.08. The molecule has 1 aromatic carbocycles. The van der Waals surface area contributed by atoms with Gasteiger partial charge in [-0.05, 0) is 49.7 Å². The third kappa shape index (κ3) is 4.70. The molecule has 0 saturated heterocycles. The quantitative estimate of drug-likeness (QED) is 0.719. The standard InChI is InChI=1S/C16H18BrClN2O/c1-3-8-19-10-15-14(18)6-7-16(20-15)21-12-4-5-13(17)11(2)9-12/h4-7,9,19H,3,8,10H2,1-2H3. The summed E-state index contributed by atoms with van der Waals surface area (Å²) in [6, 6.07) is 9.43. The molecule has 1 heterocycles. The van der Waals surface area contributed by atoms with E-state index in [1.54, 1.807) is 6.07 Å². The molecule has 21 heavy (non-hydrogen) atoms. The van der Waals surface area contributed by atoms with Crippen LogP contribution in [0, 0.1) is 6.92 Å². The minimum absolute atomic E-state index is 0.550. The largest absolute Gasteiger partial charge is 0.439 e. The Balaban J connectivity index is 2.12. The van der Waals surface area contributed by atoms with Crippen molar-refractivity contribution in [1.82, 2.24) is 10.3 Å². The van der Waals surface area contributed by atoms with Crippen LogP contribution in [0.4, 0.5) is 0 Å². The first kappa shape index (κ1) is 16.3. The van der Waals surface area contributed by atoms with Crippen molar-refractivity contribution in [2.45, 2.75) is 26.8 Å². The van der Waals surface area contributed by atoms with Gasteiger partial charge in [-0.15, -0.1) is 0 Å². The van der Waals surface area contributed by atoms with E-state index in [-0.39, 0.29) is 0 Å². The number of hydrogen-bond acceptors (Lipinski definition) is 3. The summed E-state index contributed by atoms with van der Waals surface area (Å²) in [5.74, 6) is 1.31. The van der Waals surface area contributed by atoms with Gasteiger partial charge in [-0.1, -0.05) is 34.5 Å². The number of aryl methyl sites for hydroxylation is 1. The van der Waals surface area contributed by atoms with Crippen molar-refractivity contribution >= 4 is 27.5 Å². The average Bonchev–Trinajstić information content (AvgIpc) is 2.46. The number of halogens is 2. The Morgan fingerprint density at radius 2 is 2.10 bits per heavy atom. The minimum Gasteiger partial charge on any atom is -0.439 e. The fraction of sp³-hybridized carbons (Fsp3) is 0.312. The summed E-state index contributed by atoms with van der Waals surface area (Å²) in [5, 5.41) is 3.94. The molecule has 0 atom stereocenters. The molecule has 0 aliphatic rings. The SMILES string of the molecule is CCCNCc1nc(Oc2ccc(Br)c(C)c2)ccc1Cl. The predicted molar refractivity (Wildman–Crippen MR) is 90.2 cm³/mol. The summed E-state index contributed by atoms with van der Waals surface area (Å²) in [5.41, 5.74) is 1.92. The van der Waals surface area contributed by atoms with Crippen LogP contribution in [-0.2, 0) is 6.54 Å². The molecule has 3 nitrogen and oxygen atoms in total. The number of pyridine rings is 1. The van der Waals surface area contributed by atoms with Gasteiger partial charge in [-0.2, -0.15) is 0 Å². The topological polar surface area (TPSA) is 34.2 Å². The Bertz CT molecular complexity index is 619. The van der Waals surface area contributed by atoms with Gasteiger partial charge in [0.2, 0.25) is 5.88 Å². The van der Waals surface area contributed by atoms with Crippen LogP contribution in [0.15, 0.2) is 34.8 Å². The highest BCUT2D eigenvalue weighted by Crippen LogP contribution is 2.26. The van der Waals surface area contributed by atoms with Crippen LogP contribution < -0.4 is 10.1 Å². The third-order valence-electron chi connectivity index (χ3n) is 2.96. The van der Waals surface area contributed by atoms with Crippen LogP contribution in [0.3, 0.4) is 0 Å². The van der Waals surface area contributed by atoms with Gasteiger partial charge in [0, 0.05) is 17.1 Å². The van der Waals surface area contributed by atoms with Gasteiger partial charge >= 0.3 is 0 Å². The highest BCUT2D eigenvalue weighted by Gasteiger charge is 2.06. The van der Waals surface area contributed by atoms with Gasteiger partial charge in [0.25, 0.3) is 0 Å². The Labute approximate surface area is 138 Å². The van der Waals surface area contributed by atoms with Gasteiger partial charge < -0.3 is 10.1 Å². The zero-order chi connectivity index (χ0) is 15.2. The van der Waals surface area contributed by atoms with Crippen molar-refractivity contribution in [3.8, 4) is 11.6 Å². The normalized spacial score (nSPS) is 10.7. The van der Waals surface area contributed by atoms with Crippen molar-refractivity contribution in [3.05, 3.63) is 51.1 Å². The number of nitrogens with zero attached hydrogens (tertiary/aromatic N) is 1. The molecule has 0 unspecified atom stereocenters. The molecule has 0 saturated carbocycles. The first-order chi connectivity index (χ1) is 10.1. The van der Waals surface area contributed by atoms with E-state index in [1.165, 1.54) is 0 Å². The van der Waals surface area contributed by atoms with Gasteiger partial charge in [0.1, 0.15) is 5.75 Å². The van der Waals surface area contributed by atoms with E-state index in [1.807, 2.05) is 31.2 Å². The van der Waals surface area contributed by atoms with Crippen molar-refractivity contribution in [2.75, 3.05) is 6.54 Å².